The average Bonchev–Trinajstić information content (AvgIpc) is 2.30. The molecule has 0 aliphatic heterocycles. The molecule has 1 aromatic carbocycles. The third kappa shape index (κ3) is 2.70. The molecule has 0 saturated carbocycles. The number of nitrogens with one attached hydrogen (secondary N) is 1. The van der Waals surface area contributed by atoms with Crippen molar-refractivity contribution in [3.63, 3.8) is 0 Å². The van der Waals surface area contributed by atoms with E-state index < -0.39 is 0 Å². The number of nitrogen functional groups attached to an aromatic ring is 1. The molecule has 0 aliphatic carbocycles. The molecule has 82 valence electrons. The maximum atomic E-state index is 5.51. The van der Waals surface area contributed by atoms with Crippen molar-refractivity contribution >= 4 is 27.3 Å². The minimum atomic E-state index is 0.572. The highest BCUT2D eigenvalue weighted by Crippen LogP contribution is 2.21. The summed E-state index contributed by atoms with van der Waals surface area (Å²) in [5.74, 6) is 0.713. The number of hydrogen-bond donors (Lipinski definition) is 2. The van der Waals surface area contributed by atoms with Crippen molar-refractivity contribution in [2.75, 3.05) is 11.1 Å². The number of nitrogens with two attached hydrogens (primary N) is 1. The summed E-state index contributed by atoms with van der Waals surface area (Å²) in [5.41, 5.74) is 7.10. The zero-order chi connectivity index (χ0) is 11.4. The largest absolute Gasteiger partial charge is 0.396 e. The normalized spacial score (nSPS) is 10.1. The molecule has 2 rings (SSSR count). The Morgan fingerprint density at radius 2 is 1.88 bits per heavy atom. The minimum Gasteiger partial charge on any atom is -0.396 e. The molecule has 0 spiro atoms. The zero-order valence-electron chi connectivity index (χ0n) is 8.52. The van der Waals surface area contributed by atoms with Gasteiger partial charge in [0.05, 0.1) is 24.6 Å². The first-order chi connectivity index (χ1) is 7.75. The molecule has 0 bridgehead atoms. The molecular formula is C11H11BrN4. The second kappa shape index (κ2) is 4.94. The summed E-state index contributed by atoms with van der Waals surface area (Å²) < 4.78 is 1.02. The fourth-order valence-electron chi connectivity index (χ4n) is 1.23. The molecule has 2 aromatic rings. The zero-order valence-corrected chi connectivity index (χ0v) is 10.1. The van der Waals surface area contributed by atoms with Gasteiger partial charge in [-0.3, -0.25) is 0 Å². The van der Waals surface area contributed by atoms with Gasteiger partial charge < -0.3 is 11.1 Å². The van der Waals surface area contributed by atoms with Crippen LogP contribution in [-0.4, -0.2) is 9.97 Å². The first-order valence-corrected chi connectivity index (χ1v) is 5.60. The summed E-state index contributed by atoms with van der Waals surface area (Å²) in [6.45, 7) is 0.572. The maximum absolute atomic E-state index is 5.51. The van der Waals surface area contributed by atoms with Crippen LogP contribution in [0.5, 0.6) is 0 Å². The summed E-state index contributed by atoms with van der Waals surface area (Å²) >= 11 is 3.46. The predicted molar refractivity (Wildman–Crippen MR) is 67.9 cm³/mol. The molecular weight excluding hydrogens is 268 g/mol. The van der Waals surface area contributed by atoms with E-state index in [9.17, 15) is 0 Å². The van der Waals surface area contributed by atoms with E-state index in [-0.39, 0.29) is 0 Å². The van der Waals surface area contributed by atoms with Crippen LogP contribution < -0.4 is 11.1 Å². The van der Waals surface area contributed by atoms with E-state index in [0.717, 1.165) is 10.2 Å². The Morgan fingerprint density at radius 1 is 1.19 bits per heavy atom. The number of anilines is 2. The molecule has 4 nitrogen and oxygen atoms in total. The van der Waals surface area contributed by atoms with Crippen molar-refractivity contribution < 1.29 is 0 Å². The van der Waals surface area contributed by atoms with Gasteiger partial charge in [-0.05, 0) is 28.1 Å². The van der Waals surface area contributed by atoms with Gasteiger partial charge in [-0.15, -0.1) is 0 Å². The molecule has 0 fully saturated rings. The Bertz CT molecular complexity index is 470. The molecule has 0 aliphatic rings. The van der Waals surface area contributed by atoms with Crippen LogP contribution in [0.25, 0.3) is 0 Å². The summed E-state index contributed by atoms with van der Waals surface area (Å²) in [7, 11) is 0. The van der Waals surface area contributed by atoms with Crippen molar-refractivity contribution in [3.05, 3.63) is 47.0 Å². The Hall–Kier alpha value is -1.62. The smallest absolute Gasteiger partial charge is 0.147 e. The van der Waals surface area contributed by atoms with Gasteiger partial charge in [-0.1, -0.05) is 12.1 Å². The monoisotopic (exact) mass is 278 g/mol. The fourth-order valence-corrected chi connectivity index (χ4v) is 1.66. The highest BCUT2D eigenvalue weighted by molar-refractivity contribution is 9.10. The van der Waals surface area contributed by atoms with Crippen molar-refractivity contribution in [2.24, 2.45) is 0 Å². The Labute approximate surface area is 102 Å². The van der Waals surface area contributed by atoms with Crippen molar-refractivity contribution in [3.8, 4) is 0 Å². The number of halogens is 1. The van der Waals surface area contributed by atoms with E-state index in [2.05, 4.69) is 31.2 Å². The third-order valence-electron chi connectivity index (χ3n) is 2.04. The summed E-state index contributed by atoms with van der Waals surface area (Å²) in [6, 6.07) is 7.90. The van der Waals surface area contributed by atoms with Gasteiger partial charge in [0.2, 0.25) is 0 Å². The van der Waals surface area contributed by atoms with Crippen LogP contribution in [0.4, 0.5) is 11.4 Å². The number of para-hydroxylation sites is 1. The Kier molecular flexibility index (Phi) is 3.36. The summed E-state index contributed by atoms with van der Waals surface area (Å²) in [4.78, 5) is 8.22. The Balaban J connectivity index is 2.02. The lowest BCUT2D eigenvalue weighted by Crippen LogP contribution is -2.04. The highest BCUT2D eigenvalue weighted by Gasteiger charge is 1.99. The van der Waals surface area contributed by atoms with Crippen LogP contribution in [0.1, 0.15) is 5.82 Å². The van der Waals surface area contributed by atoms with E-state index >= 15 is 0 Å². The minimum absolute atomic E-state index is 0.572. The molecule has 1 heterocycles. The van der Waals surface area contributed by atoms with Gasteiger partial charge >= 0.3 is 0 Å². The van der Waals surface area contributed by atoms with Gasteiger partial charge in [0.1, 0.15) is 5.82 Å². The second-order valence-corrected chi connectivity index (χ2v) is 4.12. The molecule has 1 aromatic heterocycles. The van der Waals surface area contributed by atoms with E-state index in [1.807, 2.05) is 24.3 Å². The maximum Gasteiger partial charge on any atom is 0.147 e. The fraction of sp³-hybridized carbons (Fsp3) is 0.0909. The van der Waals surface area contributed by atoms with E-state index in [4.69, 9.17) is 5.73 Å². The molecule has 0 atom stereocenters. The number of nitrogens with zero attached hydrogens (tertiary/aromatic N) is 2. The molecule has 3 N–H and O–H groups in total. The molecule has 0 saturated heterocycles. The standard InChI is InChI=1S/C11H11BrN4/c12-9-3-1-2-4-10(9)14-7-11-15-5-8(13)6-16-11/h1-6,14H,7,13H2. The van der Waals surface area contributed by atoms with Crippen molar-refractivity contribution in [1.82, 2.24) is 9.97 Å². The van der Waals surface area contributed by atoms with E-state index in [1.54, 1.807) is 12.4 Å². The van der Waals surface area contributed by atoms with Gasteiger partial charge in [0, 0.05) is 10.2 Å². The SMILES string of the molecule is Nc1cnc(CNc2ccccc2Br)nc1. The molecule has 0 unspecified atom stereocenters. The number of aromatic nitrogens is 2. The van der Waals surface area contributed by atoms with Gasteiger partial charge in [0.15, 0.2) is 0 Å². The second-order valence-electron chi connectivity index (χ2n) is 3.27. The van der Waals surface area contributed by atoms with E-state index in [1.165, 1.54) is 0 Å². The highest BCUT2D eigenvalue weighted by atomic mass is 79.9. The Morgan fingerprint density at radius 3 is 2.56 bits per heavy atom. The van der Waals surface area contributed by atoms with E-state index in [0.29, 0.717) is 18.1 Å². The first-order valence-electron chi connectivity index (χ1n) is 4.80. The number of rotatable bonds is 3. The molecule has 5 heteroatoms. The van der Waals surface area contributed by atoms with Crippen LogP contribution >= 0.6 is 15.9 Å². The number of hydrogen-bond acceptors (Lipinski definition) is 4. The van der Waals surface area contributed by atoms with Crippen LogP contribution in [0.3, 0.4) is 0 Å². The predicted octanol–water partition coefficient (Wildman–Crippen LogP) is 2.43. The van der Waals surface area contributed by atoms with Crippen molar-refractivity contribution in [1.29, 1.82) is 0 Å². The van der Waals surface area contributed by atoms with Crippen LogP contribution in [0.15, 0.2) is 41.1 Å². The van der Waals surface area contributed by atoms with Gasteiger partial charge in [0.25, 0.3) is 0 Å². The third-order valence-corrected chi connectivity index (χ3v) is 2.73. The average molecular weight is 279 g/mol. The van der Waals surface area contributed by atoms with Gasteiger partial charge in [-0.25, -0.2) is 9.97 Å². The van der Waals surface area contributed by atoms with Crippen LogP contribution in [0, 0.1) is 0 Å². The lowest BCUT2D eigenvalue weighted by molar-refractivity contribution is 0.950. The topological polar surface area (TPSA) is 63.8 Å². The lowest BCUT2D eigenvalue weighted by atomic mass is 10.3. The lowest BCUT2D eigenvalue weighted by Gasteiger charge is -2.07. The van der Waals surface area contributed by atoms with Crippen molar-refractivity contribution in [2.45, 2.75) is 6.54 Å². The quantitative estimate of drug-likeness (QED) is 0.905. The number of benzene rings is 1. The van der Waals surface area contributed by atoms with Crippen LogP contribution in [-0.2, 0) is 6.54 Å². The summed E-state index contributed by atoms with van der Waals surface area (Å²) in [6.07, 6.45) is 3.20. The molecule has 0 amide bonds. The van der Waals surface area contributed by atoms with Crippen LogP contribution in [0.2, 0.25) is 0 Å². The summed E-state index contributed by atoms with van der Waals surface area (Å²) in [5, 5.41) is 3.24. The molecule has 16 heavy (non-hydrogen) atoms. The van der Waals surface area contributed by atoms with Gasteiger partial charge in [-0.2, -0.15) is 0 Å². The molecule has 0 radical (unpaired) electrons. The first kappa shape index (κ1) is 10.9.